The van der Waals surface area contributed by atoms with Crippen molar-refractivity contribution >= 4 is 16.0 Å². The number of guanidine groups is 1. The van der Waals surface area contributed by atoms with Gasteiger partial charge in [0.25, 0.3) is 0 Å². The van der Waals surface area contributed by atoms with Crippen molar-refractivity contribution in [2.45, 2.75) is 38.5 Å². The molecule has 1 saturated carbocycles. The SMILES string of the molecule is CCNC(=NCC1(c2ccccc2)CC1)NCCCNS(=O)(=O)CC. The zero-order chi connectivity index (χ0) is 18.2. The first kappa shape index (κ1) is 19.7. The van der Waals surface area contributed by atoms with E-state index in [4.69, 9.17) is 4.99 Å². The van der Waals surface area contributed by atoms with Crippen molar-refractivity contribution in [3.63, 3.8) is 0 Å². The molecule has 0 amide bonds. The number of rotatable bonds is 10. The van der Waals surface area contributed by atoms with E-state index in [0.717, 1.165) is 19.0 Å². The molecular weight excluding hydrogens is 336 g/mol. The van der Waals surface area contributed by atoms with Crippen LogP contribution in [0.1, 0.15) is 38.7 Å². The third kappa shape index (κ3) is 6.32. The van der Waals surface area contributed by atoms with E-state index >= 15 is 0 Å². The van der Waals surface area contributed by atoms with E-state index in [0.29, 0.717) is 19.5 Å². The van der Waals surface area contributed by atoms with E-state index in [9.17, 15) is 8.42 Å². The Morgan fingerprint density at radius 1 is 1.12 bits per heavy atom. The molecule has 1 aromatic carbocycles. The summed E-state index contributed by atoms with van der Waals surface area (Å²) in [6.45, 7) is 6.36. The summed E-state index contributed by atoms with van der Waals surface area (Å²) >= 11 is 0. The van der Waals surface area contributed by atoms with E-state index in [1.54, 1.807) is 6.92 Å². The quantitative estimate of drug-likeness (QED) is 0.334. The minimum absolute atomic E-state index is 0.117. The predicted octanol–water partition coefficient (Wildman–Crippen LogP) is 1.60. The zero-order valence-electron chi connectivity index (χ0n) is 15.2. The van der Waals surface area contributed by atoms with Crippen LogP contribution in [-0.4, -0.2) is 46.3 Å². The highest BCUT2D eigenvalue weighted by Gasteiger charge is 2.43. The Hall–Kier alpha value is -1.60. The van der Waals surface area contributed by atoms with Gasteiger partial charge in [-0.05, 0) is 38.7 Å². The second-order valence-corrected chi connectivity index (χ2v) is 8.52. The normalized spacial score (nSPS) is 16.5. The van der Waals surface area contributed by atoms with Crippen LogP contribution in [0.15, 0.2) is 35.3 Å². The summed E-state index contributed by atoms with van der Waals surface area (Å²) in [7, 11) is -3.11. The van der Waals surface area contributed by atoms with Gasteiger partial charge < -0.3 is 10.6 Å². The molecule has 25 heavy (non-hydrogen) atoms. The average molecular weight is 367 g/mol. The molecule has 7 heteroatoms. The summed E-state index contributed by atoms with van der Waals surface area (Å²) in [5.74, 6) is 0.912. The van der Waals surface area contributed by atoms with Crippen LogP contribution in [0.4, 0.5) is 0 Å². The number of nitrogens with zero attached hydrogens (tertiary/aromatic N) is 1. The lowest BCUT2D eigenvalue weighted by atomic mass is 9.96. The van der Waals surface area contributed by atoms with Gasteiger partial charge in [0.1, 0.15) is 0 Å². The zero-order valence-corrected chi connectivity index (χ0v) is 16.0. The molecule has 1 aliphatic carbocycles. The van der Waals surface area contributed by atoms with Crippen LogP contribution in [0.5, 0.6) is 0 Å². The largest absolute Gasteiger partial charge is 0.357 e. The smallest absolute Gasteiger partial charge is 0.211 e. The van der Waals surface area contributed by atoms with Gasteiger partial charge in [0.2, 0.25) is 10.0 Å². The second-order valence-electron chi connectivity index (χ2n) is 6.42. The van der Waals surface area contributed by atoms with Gasteiger partial charge in [0.15, 0.2) is 5.96 Å². The summed E-state index contributed by atoms with van der Waals surface area (Å²) in [6.07, 6.45) is 3.07. The Morgan fingerprint density at radius 3 is 2.44 bits per heavy atom. The van der Waals surface area contributed by atoms with Crippen LogP contribution < -0.4 is 15.4 Å². The monoisotopic (exact) mass is 366 g/mol. The highest BCUT2D eigenvalue weighted by molar-refractivity contribution is 7.89. The van der Waals surface area contributed by atoms with Gasteiger partial charge >= 0.3 is 0 Å². The van der Waals surface area contributed by atoms with Crippen molar-refractivity contribution in [2.75, 3.05) is 31.9 Å². The molecule has 2 rings (SSSR count). The first-order valence-corrected chi connectivity index (χ1v) is 10.7. The first-order valence-electron chi connectivity index (χ1n) is 9.06. The van der Waals surface area contributed by atoms with Crippen molar-refractivity contribution in [1.29, 1.82) is 0 Å². The Labute approximate surface area is 151 Å². The van der Waals surface area contributed by atoms with Crippen LogP contribution in [0.25, 0.3) is 0 Å². The van der Waals surface area contributed by atoms with E-state index in [1.807, 2.05) is 13.0 Å². The van der Waals surface area contributed by atoms with E-state index in [2.05, 4.69) is 39.6 Å². The van der Waals surface area contributed by atoms with Crippen LogP contribution in [-0.2, 0) is 15.4 Å². The van der Waals surface area contributed by atoms with Crippen LogP contribution in [0.3, 0.4) is 0 Å². The van der Waals surface area contributed by atoms with Gasteiger partial charge in [-0.2, -0.15) is 0 Å². The molecule has 0 spiro atoms. The van der Waals surface area contributed by atoms with E-state index in [1.165, 1.54) is 18.4 Å². The fourth-order valence-corrected chi connectivity index (χ4v) is 3.34. The third-order valence-electron chi connectivity index (χ3n) is 4.47. The molecule has 1 aliphatic rings. The second kappa shape index (κ2) is 9.20. The maximum absolute atomic E-state index is 11.4. The predicted molar refractivity (Wildman–Crippen MR) is 103 cm³/mol. The topological polar surface area (TPSA) is 82.6 Å². The first-order chi connectivity index (χ1) is 12.0. The summed E-state index contributed by atoms with van der Waals surface area (Å²) < 4.78 is 25.3. The molecule has 0 bridgehead atoms. The number of hydrogen-bond acceptors (Lipinski definition) is 3. The lowest BCUT2D eigenvalue weighted by Crippen LogP contribution is -2.39. The maximum Gasteiger partial charge on any atom is 0.211 e. The molecule has 3 N–H and O–H groups in total. The van der Waals surface area contributed by atoms with Gasteiger partial charge in [0, 0.05) is 25.0 Å². The van der Waals surface area contributed by atoms with Crippen molar-refractivity contribution < 1.29 is 8.42 Å². The molecule has 1 aromatic rings. The molecule has 0 saturated heterocycles. The van der Waals surface area contributed by atoms with Crippen molar-refractivity contribution in [2.24, 2.45) is 4.99 Å². The van der Waals surface area contributed by atoms with Gasteiger partial charge in [-0.1, -0.05) is 30.3 Å². The molecule has 6 nitrogen and oxygen atoms in total. The van der Waals surface area contributed by atoms with E-state index in [-0.39, 0.29) is 11.2 Å². The molecular formula is C18H30N4O2S. The molecule has 0 atom stereocenters. The molecule has 0 aliphatic heterocycles. The molecule has 0 radical (unpaired) electrons. The molecule has 1 fully saturated rings. The van der Waals surface area contributed by atoms with Crippen molar-refractivity contribution in [3.8, 4) is 0 Å². The third-order valence-corrected chi connectivity index (χ3v) is 5.88. The van der Waals surface area contributed by atoms with Gasteiger partial charge in [0.05, 0.1) is 12.3 Å². The molecule has 0 aromatic heterocycles. The fraction of sp³-hybridized carbons (Fsp3) is 0.611. The van der Waals surface area contributed by atoms with Crippen LogP contribution in [0, 0.1) is 0 Å². The lowest BCUT2D eigenvalue weighted by Gasteiger charge is -2.16. The van der Waals surface area contributed by atoms with E-state index < -0.39 is 10.0 Å². The Morgan fingerprint density at radius 2 is 1.84 bits per heavy atom. The average Bonchev–Trinajstić information content (AvgIpc) is 3.41. The Balaban J connectivity index is 1.81. The maximum atomic E-state index is 11.4. The number of nitrogens with one attached hydrogen (secondary N) is 3. The fourth-order valence-electron chi connectivity index (χ4n) is 2.68. The molecule has 140 valence electrons. The Bertz CT molecular complexity index is 655. The molecule has 0 unspecified atom stereocenters. The highest BCUT2D eigenvalue weighted by atomic mass is 32.2. The van der Waals surface area contributed by atoms with Crippen LogP contribution in [0.2, 0.25) is 0 Å². The minimum Gasteiger partial charge on any atom is -0.357 e. The summed E-state index contributed by atoms with van der Waals surface area (Å²) in [4.78, 5) is 4.74. The van der Waals surface area contributed by atoms with Gasteiger partial charge in [-0.15, -0.1) is 0 Å². The standard InChI is InChI=1S/C18H30N4O2S/c1-3-19-17(20-13-8-14-22-25(23,24)4-2)21-15-18(11-12-18)16-9-6-5-7-10-16/h5-7,9-10,22H,3-4,8,11-15H2,1-2H3,(H2,19,20,21). The molecule has 0 heterocycles. The number of hydrogen-bond donors (Lipinski definition) is 3. The summed E-state index contributed by atoms with van der Waals surface area (Å²) in [5.41, 5.74) is 1.56. The van der Waals surface area contributed by atoms with Crippen molar-refractivity contribution in [1.82, 2.24) is 15.4 Å². The summed E-state index contributed by atoms with van der Waals surface area (Å²) in [6, 6.07) is 10.6. The van der Waals surface area contributed by atoms with Gasteiger partial charge in [-0.3, -0.25) is 4.99 Å². The van der Waals surface area contributed by atoms with Gasteiger partial charge in [-0.25, -0.2) is 13.1 Å². The Kier molecular flexibility index (Phi) is 7.25. The lowest BCUT2D eigenvalue weighted by molar-refractivity contribution is 0.579. The highest BCUT2D eigenvalue weighted by Crippen LogP contribution is 2.48. The number of benzene rings is 1. The minimum atomic E-state index is -3.11. The summed E-state index contributed by atoms with van der Waals surface area (Å²) in [5, 5.41) is 6.53. The number of sulfonamides is 1. The number of aliphatic imine (C=N–C) groups is 1. The van der Waals surface area contributed by atoms with Crippen LogP contribution >= 0.6 is 0 Å². The van der Waals surface area contributed by atoms with Crippen molar-refractivity contribution in [3.05, 3.63) is 35.9 Å².